The van der Waals surface area contributed by atoms with Crippen LogP contribution >= 0.6 is 0 Å². The van der Waals surface area contributed by atoms with Gasteiger partial charge in [0, 0.05) is 12.6 Å². The molecule has 116 valence electrons. The van der Waals surface area contributed by atoms with E-state index in [9.17, 15) is 22.7 Å². The Morgan fingerprint density at radius 2 is 1.77 bits per heavy atom. The minimum absolute atomic E-state index is 0.142. The number of hydrogen-bond acceptors (Lipinski definition) is 4. The summed E-state index contributed by atoms with van der Waals surface area (Å²) in [6.07, 6.45) is 0. The first kappa shape index (κ1) is 15.9. The summed E-state index contributed by atoms with van der Waals surface area (Å²) < 4.78 is 39.4. The number of aromatic carboxylic acids is 1. The second-order valence-electron chi connectivity index (χ2n) is 4.44. The van der Waals surface area contributed by atoms with Gasteiger partial charge in [0.2, 0.25) is 10.0 Å². The normalized spacial score (nSPS) is 11.3. The van der Waals surface area contributed by atoms with E-state index >= 15 is 0 Å². The van der Waals surface area contributed by atoms with Crippen molar-refractivity contribution in [3.05, 3.63) is 59.4 Å². The Morgan fingerprint density at radius 1 is 1.14 bits per heavy atom. The number of hydrogen-bond donors (Lipinski definition) is 3. The number of phenols is 1. The van der Waals surface area contributed by atoms with Gasteiger partial charge in [-0.3, -0.25) is 0 Å². The van der Waals surface area contributed by atoms with Gasteiger partial charge in [0.25, 0.3) is 0 Å². The van der Waals surface area contributed by atoms with Gasteiger partial charge in [-0.2, -0.15) is 0 Å². The summed E-state index contributed by atoms with van der Waals surface area (Å²) in [6, 6.07) is 8.11. The lowest BCUT2D eigenvalue weighted by Crippen LogP contribution is -2.25. The highest BCUT2D eigenvalue weighted by Gasteiger charge is 2.22. The van der Waals surface area contributed by atoms with Crippen LogP contribution in [0.2, 0.25) is 0 Å². The second-order valence-corrected chi connectivity index (χ2v) is 6.17. The molecule has 8 heteroatoms. The Kier molecular flexibility index (Phi) is 4.43. The number of phenolic OH excluding ortho intramolecular Hbond substituents is 1. The van der Waals surface area contributed by atoms with Gasteiger partial charge in [-0.25, -0.2) is 22.3 Å². The molecule has 6 nitrogen and oxygen atoms in total. The first-order valence-corrected chi connectivity index (χ1v) is 7.58. The molecule has 0 saturated carbocycles. The van der Waals surface area contributed by atoms with Crippen LogP contribution in [0, 0.1) is 5.82 Å². The number of aromatic hydroxyl groups is 1. The molecule has 0 unspecified atom stereocenters. The van der Waals surface area contributed by atoms with Crippen molar-refractivity contribution in [3.63, 3.8) is 0 Å². The minimum Gasteiger partial charge on any atom is -0.508 e. The molecule has 0 aliphatic heterocycles. The SMILES string of the molecule is O=C(O)c1ccc(O)cc1S(=O)(=O)NCc1ccc(F)cc1. The molecule has 0 heterocycles. The van der Waals surface area contributed by atoms with Crippen molar-refractivity contribution >= 4 is 16.0 Å². The van der Waals surface area contributed by atoms with E-state index in [0.717, 1.165) is 18.2 Å². The molecule has 3 N–H and O–H groups in total. The van der Waals surface area contributed by atoms with Crippen molar-refractivity contribution in [1.82, 2.24) is 4.72 Å². The predicted octanol–water partition coefficient (Wildman–Crippen LogP) is 1.71. The maximum atomic E-state index is 12.8. The zero-order chi connectivity index (χ0) is 16.3. The van der Waals surface area contributed by atoms with E-state index < -0.39 is 32.3 Å². The zero-order valence-corrected chi connectivity index (χ0v) is 12.0. The average molecular weight is 325 g/mol. The summed E-state index contributed by atoms with van der Waals surface area (Å²) in [5.74, 6) is -2.25. The maximum absolute atomic E-state index is 12.8. The van der Waals surface area contributed by atoms with Crippen molar-refractivity contribution < 1.29 is 27.8 Å². The third-order valence-corrected chi connectivity index (χ3v) is 4.31. The Labute approximate surface area is 125 Å². The molecule has 0 fully saturated rings. The predicted molar refractivity (Wildman–Crippen MR) is 75.5 cm³/mol. The molecule has 22 heavy (non-hydrogen) atoms. The zero-order valence-electron chi connectivity index (χ0n) is 11.2. The standard InChI is InChI=1S/C14H12FNO5S/c15-10-3-1-9(2-4-10)8-16-22(20,21)13-7-11(17)5-6-12(13)14(18)19/h1-7,16-17H,8H2,(H,18,19). The molecule has 0 saturated heterocycles. The number of carbonyl (C=O) groups is 1. The molecule has 2 aromatic carbocycles. The van der Waals surface area contributed by atoms with Crippen LogP contribution in [0.3, 0.4) is 0 Å². The monoisotopic (exact) mass is 325 g/mol. The number of benzene rings is 2. The average Bonchev–Trinajstić information content (AvgIpc) is 2.46. The van der Waals surface area contributed by atoms with Gasteiger partial charge in [0.15, 0.2) is 0 Å². The molecule has 2 aromatic rings. The van der Waals surface area contributed by atoms with E-state index in [2.05, 4.69) is 4.72 Å². The Bertz CT molecular complexity index is 802. The Hall–Kier alpha value is -2.45. The molecular formula is C14H12FNO5S. The van der Waals surface area contributed by atoms with Gasteiger partial charge in [0.05, 0.1) is 5.56 Å². The highest BCUT2D eigenvalue weighted by Crippen LogP contribution is 2.21. The Balaban J connectivity index is 2.29. The van der Waals surface area contributed by atoms with Gasteiger partial charge in [-0.1, -0.05) is 12.1 Å². The fourth-order valence-corrected chi connectivity index (χ4v) is 3.00. The van der Waals surface area contributed by atoms with E-state index in [4.69, 9.17) is 5.11 Å². The number of carboxylic acids is 1. The van der Waals surface area contributed by atoms with E-state index in [1.54, 1.807) is 0 Å². The van der Waals surface area contributed by atoms with Crippen LogP contribution in [0.25, 0.3) is 0 Å². The lowest BCUT2D eigenvalue weighted by molar-refractivity contribution is 0.0692. The largest absolute Gasteiger partial charge is 0.508 e. The van der Waals surface area contributed by atoms with Crippen molar-refractivity contribution in [2.75, 3.05) is 0 Å². The third-order valence-electron chi connectivity index (χ3n) is 2.86. The van der Waals surface area contributed by atoms with E-state index in [1.807, 2.05) is 0 Å². The lowest BCUT2D eigenvalue weighted by atomic mass is 10.2. The fourth-order valence-electron chi connectivity index (χ4n) is 1.77. The molecule has 2 rings (SSSR count). The van der Waals surface area contributed by atoms with E-state index in [0.29, 0.717) is 5.56 Å². The topological polar surface area (TPSA) is 104 Å². The molecule has 0 radical (unpaired) electrons. The summed E-state index contributed by atoms with van der Waals surface area (Å²) >= 11 is 0. The number of carboxylic acid groups (broad SMARTS) is 1. The highest BCUT2D eigenvalue weighted by molar-refractivity contribution is 7.89. The number of rotatable bonds is 5. The molecule has 0 atom stereocenters. The number of sulfonamides is 1. The molecule has 0 spiro atoms. The van der Waals surface area contributed by atoms with Crippen molar-refractivity contribution in [2.24, 2.45) is 0 Å². The van der Waals surface area contributed by atoms with Crippen LogP contribution < -0.4 is 4.72 Å². The van der Waals surface area contributed by atoms with Crippen molar-refractivity contribution in [3.8, 4) is 5.75 Å². The highest BCUT2D eigenvalue weighted by atomic mass is 32.2. The van der Waals surface area contributed by atoms with E-state index in [-0.39, 0.29) is 12.3 Å². The summed E-state index contributed by atoms with van der Waals surface area (Å²) in [5, 5.41) is 18.4. The fraction of sp³-hybridized carbons (Fsp3) is 0.0714. The summed E-state index contributed by atoms with van der Waals surface area (Å²) in [4.78, 5) is 10.5. The van der Waals surface area contributed by atoms with Crippen LogP contribution in [-0.4, -0.2) is 24.6 Å². The van der Waals surface area contributed by atoms with E-state index in [1.165, 1.54) is 24.3 Å². The lowest BCUT2D eigenvalue weighted by Gasteiger charge is -2.10. The molecular weight excluding hydrogens is 313 g/mol. The van der Waals surface area contributed by atoms with Gasteiger partial charge >= 0.3 is 5.97 Å². The van der Waals surface area contributed by atoms with Crippen molar-refractivity contribution in [1.29, 1.82) is 0 Å². The molecule has 0 amide bonds. The molecule has 0 aliphatic carbocycles. The maximum Gasteiger partial charge on any atom is 0.337 e. The molecule has 0 bridgehead atoms. The first-order valence-electron chi connectivity index (χ1n) is 6.10. The first-order chi connectivity index (χ1) is 10.3. The van der Waals surface area contributed by atoms with Crippen LogP contribution in [-0.2, 0) is 16.6 Å². The van der Waals surface area contributed by atoms with Gasteiger partial charge in [0.1, 0.15) is 16.5 Å². The third kappa shape index (κ3) is 3.60. The Morgan fingerprint density at radius 3 is 2.36 bits per heavy atom. The summed E-state index contributed by atoms with van der Waals surface area (Å²) in [5.41, 5.74) is 0.0476. The van der Waals surface area contributed by atoms with Crippen LogP contribution in [0.4, 0.5) is 4.39 Å². The summed E-state index contributed by atoms with van der Waals surface area (Å²) in [7, 11) is -4.15. The number of halogens is 1. The van der Waals surface area contributed by atoms with Crippen LogP contribution in [0.15, 0.2) is 47.4 Å². The minimum atomic E-state index is -4.15. The van der Waals surface area contributed by atoms with Gasteiger partial charge in [-0.05, 0) is 29.8 Å². The summed E-state index contributed by atoms with van der Waals surface area (Å²) in [6.45, 7) is -0.142. The van der Waals surface area contributed by atoms with Crippen LogP contribution in [0.1, 0.15) is 15.9 Å². The van der Waals surface area contributed by atoms with Gasteiger partial charge < -0.3 is 10.2 Å². The smallest absolute Gasteiger partial charge is 0.337 e. The number of nitrogens with one attached hydrogen (secondary N) is 1. The molecule has 0 aliphatic rings. The second kappa shape index (κ2) is 6.12. The molecule has 0 aromatic heterocycles. The quantitative estimate of drug-likeness (QED) is 0.776. The van der Waals surface area contributed by atoms with Crippen molar-refractivity contribution in [2.45, 2.75) is 11.4 Å². The van der Waals surface area contributed by atoms with Gasteiger partial charge in [-0.15, -0.1) is 0 Å². The van der Waals surface area contributed by atoms with Crippen LogP contribution in [0.5, 0.6) is 5.75 Å².